The number of carbonyl (C=O) groups is 3. The van der Waals surface area contributed by atoms with E-state index in [9.17, 15) is 9.59 Å². The second-order valence-corrected chi connectivity index (χ2v) is 9.00. The van der Waals surface area contributed by atoms with E-state index in [2.05, 4.69) is 32.9 Å². The predicted molar refractivity (Wildman–Crippen MR) is 114 cm³/mol. The van der Waals surface area contributed by atoms with Crippen molar-refractivity contribution in [1.29, 1.82) is 0 Å². The molecule has 0 aliphatic heterocycles. The Balaban J connectivity index is 0.000000660. The van der Waals surface area contributed by atoms with Crippen molar-refractivity contribution < 1.29 is 14.4 Å². The summed E-state index contributed by atoms with van der Waals surface area (Å²) >= 11 is 0. The highest BCUT2D eigenvalue weighted by Gasteiger charge is 2.58. The van der Waals surface area contributed by atoms with Crippen molar-refractivity contribution in [2.24, 2.45) is 34.5 Å². The molecule has 0 radical (unpaired) electrons. The molecule has 6 atom stereocenters. The molecule has 0 saturated heterocycles. The van der Waals surface area contributed by atoms with Crippen LogP contribution in [0.4, 0.5) is 0 Å². The number of fused-ring (bicyclic) bond motifs is 5. The number of hydrogen-bond donors (Lipinski definition) is 0. The molecule has 4 aliphatic rings. The van der Waals surface area contributed by atoms with Gasteiger partial charge >= 0.3 is 0 Å². The third-order valence-corrected chi connectivity index (χ3v) is 7.92. The van der Waals surface area contributed by atoms with Crippen LogP contribution in [0.1, 0.15) is 67.2 Å². The predicted octanol–water partition coefficient (Wildman–Crippen LogP) is 5.51. The Morgan fingerprint density at radius 2 is 1.75 bits per heavy atom. The van der Waals surface area contributed by atoms with Gasteiger partial charge in [-0.25, -0.2) is 0 Å². The molecule has 0 N–H and O–H groups in total. The summed E-state index contributed by atoms with van der Waals surface area (Å²) in [5.41, 5.74) is 2.63. The van der Waals surface area contributed by atoms with Crippen LogP contribution in [0.15, 0.2) is 35.5 Å². The smallest absolute Gasteiger partial charge is 0.178 e. The van der Waals surface area contributed by atoms with Gasteiger partial charge in [-0.2, -0.15) is 0 Å². The second kappa shape index (κ2) is 8.31. The van der Waals surface area contributed by atoms with Crippen LogP contribution in [-0.4, -0.2) is 18.4 Å². The molecule has 154 valence electrons. The third kappa shape index (κ3) is 3.27. The minimum absolute atomic E-state index is 0.0208. The molecule has 0 aromatic rings. The summed E-state index contributed by atoms with van der Waals surface area (Å²) in [7, 11) is 0. The number of hydrogen-bond acceptors (Lipinski definition) is 3. The quantitative estimate of drug-likeness (QED) is 0.599. The minimum atomic E-state index is -0.0208. The van der Waals surface area contributed by atoms with Crippen LogP contribution in [0.3, 0.4) is 0 Å². The fourth-order valence-corrected chi connectivity index (χ4v) is 6.73. The lowest BCUT2D eigenvalue weighted by molar-refractivity contribution is -0.126. The number of allylic oxidation sites excluding steroid dienone is 6. The zero-order chi connectivity index (χ0) is 21.3. The second-order valence-electron chi connectivity index (χ2n) is 9.00. The van der Waals surface area contributed by atoms with Crippen molar-refractivity contribution in [2.75, 3.05) is 0 Å². The van der Waals surface area contributed by atoms with Gasteiger partial charge in [0.1, 0.15) is 12.6 Å². The van der Waals surface area contributed by atoms with Crippen LogP contribution >= 0.6 is 0 Å². The van der Waals surface area contributed by atoms with Crippen molar-refractivity contribution in [3.8, 4) is 0 Å². The van der Waals surface area contributed by atoms with E-state index in [1.165, 1.54) is 17.6 Å². The number of rotatable bonds is 1. The fourth-order valence-electron chi connectivity index (χ4n) is 6.73. The molecule has 3 nitrogen and oxygen atoms in total. The molecule has 0 bridgehead atoms. The third-order valence-electron chi connectivity index (χ3n) is 7.92. The van der Waals surface area contributed by atoms with Gasteiger partial charge in [-0.15, -0.1) is 0 Å². The number of carbonyl (C=O) groups excluding carboxylic acids is 3. The Labute approximate surface area is 170 Å². The summed E-state index contributed by atoms with van der Waals surface area (Å²) in [6.45, 7) is 14.6. The van der Waals surface area contributed by atoms with E-state index in [1.807, 2.05) is 26.7 Å². The summed E-state index contributed by atoms with van der Waals surface area (Å²) in [6, 6.07) is 0. The van der Waals surface area contributed by atoms with E-state index >= 15 is 0 Å². The Hall–Kier alpha value is -1.77. The van der Waals surface area contributed by atoms with Gasteiger partial charge in [-0.3, -0.25) is 9.59 Å². The highest BCUT2D eigenvalue weighted by atomic mass is 16.1. The van der Waals surface area contributed by atoms with Crippen LogP contribution in [0, 0.1) is 34.5 Å². The average molecular weight is 385 g/mol. The maximum atomic E-state index is 12.2. The van der Waals surface area contributed by atoms with Crippen molar-refractivity contribution >= 4 is 18.4 Å². The molecule has 2 fully saturated rings. The molecule has 0 spiro atoms. The molecule has 0 aromatic heterocycles. The van der Waals surface area contributed by atoms with Crippen LogP contribution < -0.4 is 0 Å². The standard InChI is InChI=1S/C22H28O2.C2H6.CH2O/c1-13-11-16-18-6-5-17(14(2)23)21(18,3)10-8-19(16)22(4)9-7-15(24)12-20(13)22;2*1-2/h7,9,11-12,16-19H,5-6,8,10H2,1-4H3;1-2H3;1H2. The lowest BCUT2D eigenvalue weighted by atomic mass is 9.48. The van der Waals surface area contributed by atoms with Gasteiger partial charge < -0.3 is 4.79 Å². The summed E-state index contributed by atoms with van der Waals surface area (Å²) in [5.74, 6) is 2.43. The summed E-state index contributed by atoms with van der Waals surface area (Å²) in [5, 5.41) is 0. The van der Waals surface area contributed by atoms with E-state index in [0.29, 0.717) is 23.5 Å². The van der Waals surface area contributed by atoms with E-state index < -0.39 is 0 Å². The molecular formula is C25H36O3. The molecule has 0 amide bonds. The van der Waals surface area contributed by atoms with Gasteiger partial charge in [0.25, 0.3) is 0 Å². The molecular weight excluding hydrogens is 348 g/mol. The zero-order valence-electron chi connectivity index (χ0n) is 18.4. The first kappa shape index (κ1) is 22.5. The Bertz CT molecular complexity index is 728. The Morgan fingerprint density at radius 3 is 2.36 bits per heavy atom. The molecule has 0 heterocycles. The first-order chi connectivity index (χ1) is 13.3. The van der Waals surface area contributed by atoms with E-state index in [1.54, 1.807) is 13.0 Å². The van der Waals surface area contributed by atoms with Crippen molar-refractivity contribution in [3.63, 3.8) is 0 Å². The van der Waals surface area contributed by atoms with Gasteiger partial charge in [0.2, 0.25) is 0 Å². The highest BCUT2D eigenvalue weighted by molar-refractivity contribution is 6.01. The highest BCUT2D eigenvalue weighted by Crippen LogP contribution is 2.65. The summed E-state index contributed by atoms with van der Waals surface area (Å²) in [6.07, 6.45) is 12.7. The van der Waals surface area contributed by atoms with Gasteiger partial charge in [0.15, 0.2) is 5.78 Å². The van der Waals surface area contributed by atoms with Gasteiger partial charge in [0, 0.05) is 11.3 Å². The lowest BCUT2D eigenvalue weighted by Crippen LogP contribution is -2.49. The van der Waals surface area contributed by atoms with Crippen LogP contribution in [0.25, 0.3) is 0 Å². The first-order valence-corrected chi connectivity index (χ1v) is 10.7. The monoisotopic (exact) mass is 384 g/mol. The Morgan fingerprint density at radius 1 is 1.11 bits per heavy atom. The van der Waals surface area contributed by atoms with E-state index in [0.717, 1.165) is 19.3 Å². The maximum absolute atomic E-state index is 12.2. The van der Waals surface area contributed by atoms with Gasteiger partial charge in [-0.1, -0.05) is 45.4 Å². The largest absolute Gasteiger partial charge is 0.307 e. The normalized spacial score (nSPS) is 40.3. The number of Topliss-reactive ketones (excluding diaryl/α,β-unsaturated/α-hetero) is 1. The molecule has 6 unspecified atom stereocenters. The number of ketones is 2. The molecule has 2 saturated carbocycles. The fraction of sp³-hybridized carbons (Fsp3) is 0.640. The molecule has 0 aromatic carbocycles. The molecule has 4 rings (SSSR count). The van der Waals surface area contributed by atoms with Crippen LogP contribution in [0.5, 0.6) is 0 Å². The maximum Gasteiger partial charge on any atom is 0.178 e. The van der Waals surface area contributed by atoms with Crippen molar-refractivity contribution in [2.45, 2.75) is 67.2 Å². The summed E-state index contributed by atoms with van der Waals surface area (Å²) < 4.78 is 0. The van der Waals surface area contributed by atoms with Gasteiger partial charge in [0.05, 0.1) is 0 Å². The first-order valence-electron chi connectivity index (χ1n) is 10.7. The van der Waals surface area contributed by atoms with Crippen molar-refractivity contribution in [3.05, 3.63) is 35.5 Å². The van der Waals surface area contributed by atoms with Gasteiger partial charge in [-0.05, 0) is 80.4 Å². The SMILES string of the molecule is C=O.CC.CC(=O)C1CCC2C3C=C(C)C4=CC(=O)C=CC4(C)C3CCC12C. The Kier molecular flexibility index (Phi) is 6.68. The minimum Gasteiger partial charge on any atom is -0.307 e. The average Bonchev–Trinajstić information content (AvgIpc) is 3.04. The lowest BCUT2D eigenvalue weighted by Gasteiger charge is -2.55. The zero-order valence-corrected chi connectivity index (χ0v) is 18.4. The topological polar surface area (TPSA) is 51.2 Å². The molecule has 3 heteroatoms. The van der Waals surface area contributed by atoms with E-state index in [4.69, 9.17) is 4.79 Å². The van der Waals surface area contributed by atoms with E-state index in [-0.39, 0.29) is 22.5 Å². The summed E-state index contributed by atoms with van der Waals surface area (Å²) in [4.78, 5) is 32.1. The van der Waals surface area contributed by atoms with Crippen molar-refractivity contribution in [1.82, 2.24) is 0 Å². The molecule has 4 aliphatic carbocycles. The molecule has 28 heavy (non-hydrogen) atoms. The van der Waals surface area contributed by atoms with Crippen LogP contribution in [-0.2, 0) is 14.4 Å². The van der Waals surface area contributed by atoms with Crippen LogP contribution in [0.2, 0.25) is 0 Å².